The number of thioether (sulfide) groups is 1. The molecule has 2 N–H and O–H groups in total. The minimum absolute atomic E-state index is 0.183. The smallest absolute Gasteiger partial charge is 0.286 e. The van der Waals surface area contributed by atoms with Crippen LogP contribution in [0.4, 0.5) is 0 Å². The highest BCUT2D eigenvalue weighted by atomic mass is 32.2. The van der Waals surface area contributed by atoms with Gasteiger partial charge in [-0.3, -0.25) is 4.79 Å². The number of rotatable bonds is 4. The van der Waals surface area contributed by atoms with E-state index in [4.69, 9.17) is 16.9 Å². The molecule has 0 aromatic heterocycles. The van der Waals surface area contributed by atoms with Crippen LogP contribution in [0.2, 0.25) is 0 Å². The quantitative estimate of drug-likeness (QED) is 0.685. The zero-order valence-electron chi connectivity index (χ0n) is 12.0. The molecule has 0 saturated carbocycles. The minimum Gasteiger partial charge on any atom is -0.480 e. The number of amides is 1. The molecule has 0 aliphatic carbocycles. The molecular formula is C16H16N2O2S. The van der Waals surface area contributed by atoms with Crippen LogP contribution in [0, 0.1) is 19.3 Å². The van der Waals surface area contributed by atoms with E-state index in [1.807, 2.05) is 13.0 Å². The van der Waals surface area contributed by atoms with Gasteiger partial charge in [0.25, 0.3) is 5.91 Å². The van der Waals surface area contributed by atoms with Crippen LogP contribution in [-0.2, 0) is 11.2 Å². The lowest BCUT2D eigenvalue weighted by Crippen LogP contribution is -2.01. The fourth-order valence-corrected chi connectivity index (χ4v) is 2.74. The van der Waals surface area contributed by atoms with Crippen LogP contribution in [0.15, 0.2) is 22.0 Å². The van der Waals surface area contributed by atoms with Crippen molar-refractivity contribution in [3.8, 4) is 18.1 Å². The summed E-state index contributed by atoms with van der Waals surface area (Å²) < 4.78 is 5.62. The highest BCUT2D eigenvalue weighted by Crippen LogP contribution is 2.32. The normalized spacial score (nSPS) is 16.0. The van der Waals surface area contributed by atoms with Crippen LogP contribution in [-0.4, -0.2) is 17.7 Å². The zero-order valence-corrected chi connectivity index (χ0v) is 12.8. The highest BCUT2D eigenvalue weighted by molar-refractivity contribution is 8.18. The first-order chi connectivity index (χ1) is 10.0. The number of carbonyl (C=O) groups is 1. The van der Waals surface area contributed by atoms with E-state index in [9.17, 15) is 4.79 Å². The molecule has 0 atom stereocenters. The van der Waals surface area contributed by atoms with Gasteiger partial charge in [0.05, 0.1) is 4.91 Å². The van der Waals surface area contributed by atoms with Gasteiger partial charge < -0.3 is 10.5 Å². The highest BCUT2D eigenvalue weighted by Gasteiger charge is 2.20. The van der Waals surface area contributed by atoms with Gasteiger partial charge in [0, 0.05) is 5.56 Å². The van der Waals surface area contributed by atoms with Crippen molar-refractivity contribution in [2.75, 3.05) is 6.61 Å². The number of carbonyl (C=O) groups excluding carboxylic acids is 1. The lowest BCUT2D eigenvalue weighted by Gasteiger charge is -2.12. The Hall–Kier alpha value is -2.19. The summed E-state index contributed by atoms with van der Waals surface area (Å²) in [5.41, 5.74) is 8.54. The van der Waals surface area contributed by atoms with Crippen molar-refractivity contribution in [3.05, 3.63) is 33.7 Å². The SMILES string of the molecule is C#CCOc1c(C)cc(CC)cc1C=C1SC(N)=NC1=O. The molecule has 1 aliphatic heterocycles. The maximum Gasteiger partial charge on any atom is 0.286 e. The van der Waals surface area contributed by atoms with Crippen LogP contribution in [0.5, 0.6) is 5.75 Å². The van der Waals surface area contributed by atoms with Crippen molar-refractivity contribution in [1.82, 2.24) is 0 Å². The average Bonchev–Trinajstić information content (AvgIpc) is 2.75. The molecule has 1 aromatic rings. The molecule has 0 saturated heterocycles. The lowest BCUT2D eigenvalue weighted by molar-refractivity contribution is -0.113. The number of aryl methyl sites for hydroxylation is 2. The van der Waals surface area contributed by atoms with Crippen molar-refractivity contribution in [3.63, 3.8) is 0 Å². The molecule has 0 fully saturated rings. The number of nitrogens with two attached hydrogens (primary N) is 1. The Morgan fingerprint density at radius 2 is 2.29 bits per heavy atom. The van der Waals surface area contributed by atoms with E-state index < -0.39 is 0 Å². The summed E-state index contributed by atoms with van der Waals surface area (Å²) in [5.74, 6) is 2.82. The van der Waals surface area contributed by atoms with Gasteiger partial charge in [-0.05, 0) is 48.4 Å². The number of hydrogen-bond acceptors (Lipinski definition) is 4. The summed E-state index contributed by atoms with van der Waals surface area (Å²) in [4.78, 5) is 15.9. The third kappa shape index (κ3) is 3.47. The third-order valence-electron chi connectivity index (χ3n) is 2.99. The van der Waals surface area contributed by atoms with Crippen LogP contribution in [0.3, 0.4) is 0 Å². The van der Waals surface area contributed by atoms with Crippen LogP contribution < -0.4 is 10.5 Å². The van der Waals surface area contributed by atoms with Gasteiger partial charge in [0.1, 0.15) is 12.4 Å². The number of terminal acetylenes is 1. The summed E-state index contributed by atoms with van der Waals surface area (Å²) in [7, 11) is 0. The monoisotopic (exact) mass is 300 g/mol. The van der Waals surface area contributed by atoms with E-state index in [2.05, 4.69) is 23.9 Å². The second-order valence-corrected chi connectivity index (χ2v) is 5.61. The van der Waals surface area contributed by atoms with Crippen molar-refractivity contribution in [2.24, 2.45) is 10.7 Å². The predicted octanol–water partition coefficient (Wildman–Crippen LogP) is 2.50. The molecule has 1 aliphatic rings. The van der Waals surface area contributed by atoms with Gasteiger partial charge >= 0.3 is 0 Å². The van der Waals surface area contributed by atoms with E-state index in [0.29, 0.717) is 10.7 Å². The van der Waals surface area contributed by atoms with Crippen LogP contribution >= 0.6 is 11.8 Å². The van der Waals surface area contributed by atoms with E-state index in [1.165, 1.54) is 0 Å². The first-order valence-electron chi connectivity index (χ1n) is 6.53. The number of aliphatic imine (C=N–C) groups is 1. The molecule has 2 rings (SSSR count). The Balaban J connectivity index is 2.46. The molecule has 0 radical (unpaired) electrons. The molecule has 4 nitrogen and oxygen atoms in total. The molecule has 1 heterocycles. The maximum atomic E-state index is 11.7. The Labute approximate surface area is 128 Å². The fraction of sp³-hybridized carbons (Fsp3) is 0.250. The Morgan fingerprint density at radius 3 is 2.86 bits per heavy atom. The van der Waals surface area contributed by atoms with Gasteiger partial charge in [-0.2, -0.15) is 4.99 Å². The van der Waals surface area contributed by atoms with Crippen molar-refractivity contribution >= 4 is 28.9 Å². The molecule has 1 amide bonds. The summed E-state index contributed by atoms with van der Waals surface area (Å²) >= 11 is 1.16. The van der Waals surface area contributed by atoms with E-state index in [1.54, 1.807) is 6.08 Å². The molecular weight excluding hydrogens is 284 g/mol. The lowest BCUT2D eigenvalue weighted by atomic mass is 10.0. The summed E-state index contributed by atoms with van der Waals surface area (Å²) in [6.45, 7) is 4.22. The molecule has 0 spiro atoms. The number of nitrogens with zero attached hydrogens (tertiary/aromatic N) is 1. The van der Waals surface area contributed by atoms with Gasteiger partial charge in [-0.15, -0.1) is 6.42 Å². The maximum absolute atomic E-state index is 11.7. The van der Waals surface area contributed by atoms with E-state index >= 15 is 0 Å². The molecule has 1 aromatic carbocycles. The van der Waals surface area contributed by atoms with Gasteiger partial charge in [-0.25, -0.2) is 0 Å². The number of amidine groups is 1. The zero-order chi connectivity index (χ0) is 15.4. The largest absolute Gasteiger partial charge is 0.480 e. The van der Waals surface area contributed by atoms with Crippen molar-refractivity contribution in [2.45, 2.75) is 20.3 Å². The minimum atomic E-state index is -0.319. The number of benzene rings is 1. The predicted molar refractivity (Wildman–Crippen MR) is 87.1 cm³/mol. The topological polar surface area (TPSA) is 64.7 Å². The Morgan fingerprint density at radius 1 is 1.52 bits per heavy atom. The van der Waals surface area contributed by atoms with Crippen LogP contribution in [0.1, 0.15) is 23.6 Å². The summed E-state index contributed by atoms with van der Waals surface area (Å²) in [6.07, 6.45) is 7.91. The number of hydrogen-bond donors (Lipinski definition) is 1. The molecule has 108 valence electrons. The van der Waals surface area contributed by atoms with Gasteiger partial charge in [-0.1, -0.05) is 18.9 Å². The average molecular weight is 300 g/mol. The third-order valence-corrected chi connectivity index (χ3v) is 3.81. The van der Waals surface area contributed by atoms with Gasteiger partial charge in [0.15, 0.2) is 5.17 Å². The standard InChI is InChI=1S/C16H16N2O2S/c1-4-6-20-14-10(3)7-11(5-2)8-12(14)9-13-15(19)18-16(17)21-13/h1,7-9H,5-6H2,2-3H3,(H2,17,18,19). The molecule has 0 bridgehead atoms. The Bertz CT molecular complexity index is 684. The second kappa shape index (κ2) is 6.51. The number of ether oxygens (including phenoxy) is 1. The van der Waals surface area contributed by atoms with E-state index in [0.717, 1.165) is 34.9 Å². The van der Waals surface area contributed by atoms with E-state index in [-0.39, 0.29) is 17.7 Å². The fourth-order valence-electron chi connectivity index (χ4n) is 2.07. The van der Waals surface area contributed by atoms with Crippen LogP contribution in [0.25, 0.3) is 6.08 Å². The molecule has 0 unspecified atom stereocenters. The van der Waals surface area contributed by atoms with Crippen molar-refractivity contribution < 1.29 is 9.53 Å². The molecule has 21 heavy (non-hydrogen) atoms. The summed E-state index contributed by atoms with van der Waals surface area (Å²) in [5, 5.41) is 0.265. The molecule has 5 heteroatoms. The van der Waals surface area contributed by atoms with Crippen molar-refractivity contribution in [1.29, 1.82) is 0 Å². The summed E-state index contributed by atoms with van der Waals surface area (Å²) in [6, 6.07) is 4.05. The Kier molecular flexibility index (Phi) is 4.71. The first kappa shape index (κ1) is 15.2. The second-order valence-electron chi connectivity index (χ2n) is 4.54. The first-order valence-corrected chi connectivity index (χ1v) is 7.34. The van der Waals surface area contributed by atoms with Gasteiger partial charge in [0.2, 0.25) is 0 Å².